The summed E-state index contributed by atoms with van der Waals surface area (Å²) in [6.45, 7) is 0. The van der Waals surface area contributed by atoms with E-state index in [-0.39, 0.29) is 22.4 Å². The Hall–Kier alpha value is -2.77. The van der Waals surface area contributed by atoms with E-state index in [0.29, 0.717) is 10.4 Å². The minimum Gasteiger partial charge on any atom is -0.495 e. The van der Waals surface area contributed by atoms with E-state index in [2.05, 4.69) is 20.1 Å². The molecule has 9 nitrogen and oxygen atoms in total. The molecule has 0 amide bonds. The SMILES string of the molecule is COc1ccc(-c2nc(C(F)(F)F)nn2-c2ncc(S(N)(=O)=O)cn2)cc1Cl. The molecule has 0 unspecified atom stereocenters. The first-order valence-electron chi connectivity index (χ1n) is 7.24. The first-order valence-corrected chi connectivity index (χ1v) is 9.16. The topological polar surface area (TPSA) is 126 Å². The lowest BCUT2D eigenvalue weighted by Gasteiger charge is -2.07. The van der Waals surface area contributed by atoms with Crippen LogP contribution in [0.3, 0.4) is 0 Å². The van der Waals surface area contributed by atoms with Gasteiger partial charge in [-0.05, 0) is 18.2 Å². The second-order valence-electron chi connectivity index (χ2n) is 5.28. The smallest absolute Gasteiger partial charge is 0.453 e. The number of nitrogens with two attached hydrogens (primary N) is 1. The fraction of sp³-hybridized carbons (Fsp3) is 0.143. The molecule has 0 spiro atoms. The first kappa shape index (κ1) is 20.0. The summed E-state index contributed by atoms with van der Waals surface area (Å²) in [5.74, 6) is -1.74. The number of ether oxygens (including phenoxy) is 1. The number of methoxy groups -OCH3 is 1. The molecule has 0 atom stereocenters. The van der Waals surface area contributed by atoms with Gasteiger partial charge in [0.25, 0.3) is 11.8 Å². The van der Waals surface area contributed by atoms with Gasteiger partial charge in [0.2, 0.25) is 10.0 Å². The van der Waals surface area contributed by atoms with Gasteiger partial charge in [-0.25, -0.2) is 28.5 Å². The van der Waals surface area contributed by atoms with Crippen LogP contribution in [0.25, 0.3) is 17.3 Å². The van der Waals surface area contributed by atoms with Gasteiger partial charge in [0, 0.05) is 5.56 Å². The van der Waals surface area contributed by atoms with Crippen molar-refractivity contribution >= 4 is 21.6 Å². The van der Waals surface area contributed by atoms with Crippen LogP contribution in [0.15, 0.2) is 35.5 Å². The summed E-state index contributed by atoms with van der Waals surface area (Å²) in [4.78, 5) is 10.5. The molecule has 0 radical (unpaired) electrons. The average molecular weight is 435 g/mol. The number of halogens is 4. The Balaban J connectivity index is 2.18. The van der Waals surface area contributed by atoms with E-state index in [1.54, 1.807) is 0 Å². The normalized spacial score (nSPS) is 12.2. The molecule has 0 aliphatic heterocycles. The van der Waals surface area contributed by atoms with Gasteiger partial charge in [-0.3, -0.25) is 0 Å². The van der Waals surface area contributed by atoms with Crippen LogP contribution >= 0.6 is 11.6 Å². The highest BCUT2D eigenvalue weighted by molar-refractivity contribution is 7.89. The number of rotatable bonds is 4. The maximum atomic E-state index is 13.1. The van der Waals surface area contributed by atoms with E-state index in [4.69, 9.17) is 21.5 Å². The van der Waals surface area contributed by atoms with Crippen LogP contribution in [-0.4, -0.2) is 40.3 Å². The van der Waals surface area contributed by atoms with Crippen molar-refractivity contribution in [2.75, 3.05) is 7.11 Å². The molecule has 28 heavy (non-hydrogen) atoms. The second kappa shape index (κ2) is 7.00. The number of hydrogen-bond acceptors (Lipinski definition) is 7. The summed E-state index contributed by atoms with van der Waals surface area (Å²) < 4.78 is 67.6. The Kier molecular flexibility index (Phi) is 4.99. The molecule has 2 heterocycles. The molecule has 0 fully saturated rings. The zero-order valence-electron chi connectivity index (χ0n) is 13.8. The predicted molar refractivity (Wildman–Crippen MR) is 90.3 cm³/mol. The Morgan fingerprint density at radius 1 is 1.21 bits per heavy atom. The quantitative estimate of drug-likeness (QED) is 0.665. The van der Waals surface area contributed by atoms with Crippen LogP contribution < -0.4 is 9.88 Å². The lowest BCUT2D eigenvalue weighted by Crippen LogP contribution is -2.14. The number of hydrogen-bond donors (Lipinski definition) is 1. The molecule has 0 saturated heterocycles. The zero-order valence-corrected chi connectivity index (χ0v) is 15.4. The van der Waals surface area contributed by atoms with Crippen LogP contribution in [0.2, 0.25) is 5.02 Å². The molecule has 1 aromatic carbocycles. The fourth-order valence-electron chi connectivity index (χ4n) is 2.13. The van der Waals surface area contributed by atoms with Crippen molar-refractivity contribution in [3.63, 3.8) is 0 Å². The molecule has 0 aliphatic carbocycles. The van der Waals surface area contributed by atoms with Crippen molar-refractivity contribution in [3.05, 3.63) is 41.4 Å². The predicted octanol–water partition coefficient (Wildman–Crippen LogP) is 2.05. The highest BCUT2D eigenvalue weighted by Gasteiger charge is 2.38. The molecular formula is C14H10ClF3N6O3S. The summed E-state index contributed by atoms with van der Waals surface area (Å²) in [5.41, 5.74) is 0.174. The minimum atomic E-state index is -4.84. The number of nitrogens with zero attached hydrogens (tertiary/aromatic N) is 5. The largest absolute Gasteiger partial charge is 0.495 e. The summed E-state index contributed by atoms with van der Waals surface area (Å²) in [5, 5.41) is 8.48. The highest BCUT2D eigenvalue weighted by atomic mass is 35.5. The Bertz CT molecular complexity index is 1130. The minimum absolute atomic E-state index is 0.133. The third kappa shape index (κ3) is 3.90. The molecule has 14 heteroatoms. The van der Waals surface area contributed by atoms with Crippen LogP contribution in [0.4, 0.5) is 13.2 Å². The van der Waals surface area contributed by atoms with E-state index in [1.165, 1.54) is 25.3 Å². The Morgan fingerprint density at radius 3 is 2.36 bits per heavy atom. The van der Waals surface area contributed by atoms with Crippen LogP contribution in [-0.2, 0) is 16.2 Å². The summed E-state index contributed by atoms with van der Waals surface area (Å²) >= 11 is 6.03. The van der Waals surface area contributed by atoms with Crippen molar-refractivity contribution in [2.24, 2.45) is 5.14 Å². The van der Waals surface area contributed by atoms with E-state index >= 15 is 0 Å². The van der Waals surface area contributed by atoms with Crippen LogP contribution in [0.1, 0.15) is 5.82 Å². The van der Waals surface area contributed by atoms with Crippen molar-refractivity contribution in [1.82, 2.24) is 24.7 Å². The van der Waals surface area contributed by atoms with Gasteiger partial charge in [-0.15, -0.1) is 5.10 Å². The third-order valence-corrected chi connectivity index (χ3v) is 4.57. The Labute approximate surface area is 161 Å². The van der Waals surface area contributed by atoms with Crippen molar-refractivity contribution in [3.8, 4) is 23.1 Å². The number of primary sulfonamides is 1. The van der Waals surface area contributed by atoms with Crippen LogP contribution in [0, 0.1) is 0 Å². The molecule has 148 valence electrons. The van der Waals surface area contributed by atoms with Gasteiger partial charge in [0.05, 0.1) is 24.5 Å². The maximum Gasteiger partial charge on any atom is 0.453 e. The van der Waals surface area contributed by atoms with Crippen molar-refractivity contribution in [2.45, 2.75) is 11.1 Å². The van der Waals surface area contributed by atoms with Crippen LogP contribution in [0.5, 0.6) is 5.75 Å². The highest BCUT2D eigenvalue weighted by Crippen LogP contribution is 2.33. The van der Waals surface area contributed by atoms with Gasteiger partial charge in [-0.2, -0.15) is 17.9 Å². The van der Waals surface area contributed by atoms with Crippen molar-refractivity contribution in [1.29, 1.82) is 0 Å². The van der Waals surface area contributed by atoms with Gasteiger partial charge in [0.15, 0.2) is 5.82 Å². The third-order valence-electron chi connectivity index (χ3n) is 3.40. The fourth-order valence-corrected chi connectivity index (χ4v) is 2.79. The maximum absolute atomic E-state index is 13.1. The van der Waals surface area contributed by atoms with Gasteiger partial charge in [0.1, 0.15) is 10.6 Å². The van der Waals surface area contributed by atoms with Gasteiger partial charge >= 0.3 is 6.18 Å². The van der Waals surface area contributed by atoms with Gasteiger partial charge < -0.3 is 4.74 Å². The molecule has 0 aliphatic rings. The summed E-state index contributed by atoms with van der Waals surface area (Å²) in [7, 11) is -2.70. The number of sulfonamides is 1. The monoisotopic (exact) mass is 434 g/mol. The second-order valence-corrected chi connectivity index (χ2v) is 7.25. The van der Waals surface area contributed by atoms with E-state index in [1.807, 2.05) is 0 Å². The molecule has 2 N–H and O–H groups in total. The van der Waals surface area contributed by atoms with E-state index in [9.17, 15) is 21.6 Å². The zero-order chi connectivity index (χ0) is 20.7. The van der Waals surface area contributed by atoms with Gasteiger partial charge in [-0.1, -0.05) is 11.6 Å². The first-order chi connectivity index (χ1) is 13.0. The molecule has 0 bridgehead atoms. The summed E-state index contributed by atoms with van der Waals surface area (Å²) in [6, 6.07) is 4.19. The molecule has 2 aromatic heterocycles. The standard InChI is InChI=1S/C14H10ClF3N6O3S/c1-27-10-3-2-7(4-9(10)15)11-22-12(14(16,17)18)23-24(11)13-20-5-8(6-21-13)28(19,25)26/h2-6H,1H3,(H2,19,25,26). The van der Waals surface area contributed by atoms with E-state index in [0.717, 1.165) is 12.4 Å². The Morgan fingerprint density at radius 2 is 1.86 bits per heavy atom. The average Bonchev–Trinajstić information content (AvgIpc) is 3.07. The number of aromatic nitrogens is 5. The molecule has 3 aromatic rings. The molecular weight excluding hydrogens is 425 g/mol. The lowest BCUT2D eigenvalue weighted by atomic mass is 10.2. The number of alkyl halides is 3. The summed E-state index contributed by atoms with van der Waals surface area (Å²) in [6.07, 6.45) is -3.15. The molecule has 0 saturated carbocycles. The molecule has 3 rings (SSSR count). The van der Waals surface area contributed by atoms with Crippen molar-refractivity contribution < 1.29 is 26.3 Å². The lowest BCUT2D eigenvalue weighted by molar-refractivity contribution is -0.144. The van der Waals surface area contributed by atoms with E-state index < -0.39 is 26.9 Å². The number of benzene rings is 1.